The minimum absolute atomic E-state index is 0.105. The molecule has 19 heavy (non-hydrogen) atoms. The predicted octanol–water partition coefficient (Wildman–Crippen LogP) is 0.374. The van der Waals surface area contributed by atoms with E-state index in [2.05, 4.69) is 22.2 Å². The van der Waals surface area contributed by atoms with Crippen LogP contribution >= 0.6 is 0 Å². The average Bonchev–Trinajstić information content (AvgIpc) is 2.46. The van der Waals surface area contributed by atoms with Crippen LogP contribution in [0.4, 0.5) is 0 Å². The van der Waals surface area contributed by atoms with Gasteiger partial charge in [0.25, 0.3) is 11.5 Å². The Bertz CT molecular complexity index is 459. The fourth-order valence-electron chi connectivity index (χ4n) is 2.40. The van der Waals surface area contributed by atoms with E-state index in [4.69, 9.17) is 0 Å². The van der Waals surface area contributed by atoms with Gasteiger partial charge in [-0.15, -0.1) is 0 Å². The average molecular weight is 264 g/mol. The largest absolute Gasteiger partial charge is 0.333 e. The molecule has 0 radical (unpaired) electrons. The van der Waals surface area contributed by atoms with Crippen molar-refractivity contribution in [2.75, 3.05) is 19.6 Å². The van der Waals surface area contributed by atoms with Crippen LogP contribution in [0, 0.1) is 0 Å². The number of nitrogens with zero attached hydrogens (tertiary/aromatic N) is 2. The molecule has 0 aliphatic carbocycles. The minimum Gasteiger partial charge on any atom is -0.333 e. The topological polar surface area (TPSA) is 78.1 Å². The Morgan fingerprint density at radius 3 is 3.00 bits per heavy atom. The molecule has 0 spiro atoms. The van der Waals surface area contributed by atoms with Crippen molar-refractivity contribution in [3.63, 3.8) is 0 Å². The second-order valence-electron chi connectivity index (χ2n) is 4.80. The van der Waals surface area contributed by atoms with E-state index in [-0.39, 0.29) is 17.5 Å². The summed E-state index contributed by atoms with van der Waals surface area (Å²) in [7, 11) is 0. The van der Waals surface area contributed by atoms with Gasteiger partial charge in [-0.25, -0.2) is 4.98 Å². The molecule has 6 nitrogen and oxygen atoms in total. The lowest BCUT2D eigenvalue weighted by Gasteiger charge is -2.34. The second kappa shape index (κ2) is 6.47. The van der Waals surface area contributed by atoms with E-state index in [0.717, 1.165) is 38.5 Å². The summed E-state index contributed by atoms with van der Waals surface area (Å²) in [5, 5.41) is 3.32. The minimum atomic E-state index is -0.294. The molecule has 1 unspecified atom stereocenters. The second-order valence-corrected chi connectivity index (χ2v) is 4.80. The molecule has 1 saturated heterocycles. The van der Waals surface area contributed by atoms with E-state index in [1.807, 2.05) is 4.90 Å². The summed E-state index contributed by atoms with van der Waals surface area (Å²) < 4.78 is 0. The van der Waals surface area contributed by atoms with E-state index in [0.29, 0.717) is 12.2 Å². The summed E-state index contributed by atoms with van der Waals surface area (Å²) in [6.45, 7) is 4.61. The lowest BCUT2D eigenvalue weighted by atomic mass is 10.1. The zero-order valence-electron chi connectivity index (χ0n) is 11.2. The molecular weight excluding hydrogens is 244 g/mol. The van der Waals surface area contributed by atoms with Gasteiger partial charge in [0, 0.05) is 25.3 Å². The Balaban J connectivity index is 2.15. The number of amides is 1. The van der Waals surface area contributed by atoms with Crippen LogP contribution < -0.4 is 10.9 Å². The van der Waals surface area contributed by atoms with Gasteiger partial charge in [-0.2, -0.15) is 0 Å². The normalized spacial score (nSPS) is 19.1. The highest BCUT2D eigenvalue weighted by atomic mass is 16.2. The van der Waals surface area contributed by atoms with Crippen molar-refractivity contribution >= 4 is 5.91 Å². The number of H-pyrrole nitrogens is 1. The van der Waals surface area contributed by atoms with Crippen molar-refractivity contribution in [1.82, 2.24) is 20.2 Å². The lowest BCUT2D eigenvalue weighted by molar-refractivity contribution is 0.0642. The molecule has 1 atom stereocenters. The molecule has 1 amide bonds. The summed E-state index contributed by atoms with van der Waals surface area (Å²) in [5.41, 5.74) is 0.0107. The monoisotopic (exact) mass is 264 g/mol. The Kier molecular flexibility index (Phi) is 4.68. The van der Waals surface area contributed by atoms with Crippen LogP contribution in [0.5, 0.6) is 0 Å². The maximum absolute atomic E-state index is 12.5. The molecule has 2 N–H and O–H groups in total. The van der Waals surface area contributed by atoms with Gasteiger partial charge in [-0.05, 0) is 25.8 Å². The molecule has 1 aliphatic rings. The molecule has 0 saturated carbocycles. The van der Waals surface area contributed by atoms with Crippen molar-refractivity contribution in [2.24, 2.45) is 0 Å². The highest BCUT2D eigenvalue weighted by Gasteiger charge is 2.26. The SMILES string of the molecule is CCCN(C(=O)c1c[nH]c(=O)cn1)C1CCCNC1. The summed E-state index contributed by atoms with van der Waals surface area (Å²) in [6, 6.07) is 0.218. The number of rotatable bonds is 4. The van der Waals surface area contributed by atoms with Gasteiger partial charge in [0.2, 0.25) is 0 Å². The van der Waals surface area contributed by atoms with Crippen LogP contribution in [0.2, 0.25) is 0 Å². The van der Waals surface area contributed by atoms with Crippen LogP contribution in [0.1, 0.15) is 36.7 Å². The number of hydrogen-bond acceptors (Lipinski definition) is 4. The van der Waals surface area contributed by atoms with Crippen molar-refractivity contribution in [3.8, 4) is 0 Å². The Morgan fingerprint density at radius 2 is 2.42 bits per heavy atom. The van der Waals surface area contributed by atoms with Crippen LogP contribution in [0.15, 0.2) is 17.2 Å². The standard InChI is InChI=1S/C13H20N4O2/c1-2-6-17(10-4-3-5-14-7-10)13(19)11-8-16-12(18)9-15-11/h8-10,14H,2-7H2,1H3,(H,16,18). The first-order chi connectivity index (χ1) is 9.22. The maximum Gasteiger partial charge on any atom is 0.274 e. The van der Waals surface area contributed by atoms with Crippen LogP contribution in [0.3, 0.4) is 0 Å². The van der Waals surface area contributed by atoms with Crippen molar-refractivity contribution in [2.45, 2.75) is 32.2 Å². The van der Waals surface area contributed by atoms with Crippen LogP contribution in [0.25, 0.3) is 0 Å². The van der Waals surface area contributed by atoms with E-state index < -0.39 is 0 Å². The van der Waals surface area contributed by atoms with Crippen molar-refractivity contribution in [1.29, 1.82) is 0 Å². The first kappa shape index (κ1) is 13.7. The van der Waals surface area contributed by atoms with E-state index >= 15 is 0 Å². The summed E-state index contributed by atoms with van der Waals surface area (Å²) >= 11 is 0. The number of carbonyl (C=O) groups is 1. The van der Waals surface area contributed by atoms with E-state index in [1.54, 1.807) is 0 Å². The highest BCUT2D eigenvalue weighted by Crippen LogP contribution is 2.13. The fraction of sp³-hybridized carbons (Fsp3) is 0.615. The fourth-order valence-corrected chi connectivity index (χ4v) is 2.40. The van der Waals surface area contributed by atoms with E-state index in [9.17, 15) is 9.59 Å². The molecule has 1 fully saturated rings. The molecule has 2 rings (SSSR count). The summed E-state index contributed by atoms with van der Waals surface area (Å²) in [6.07, 6.45) is 5.55. The number of piperidine rings is 1. The smallest absolute Gasteiger partial charge is 0.274 e. The molecule has 0 aromatic carbocycles. The first-order valence-corrected chi connectivity index (χ1v) is 6.78. The van der Waals surface area contributed by atoms with Gasteiger partial charge in [0.15, 0.2) is 0 Å². The van der Waals surface area contributed by atoms with Gasteiger partial charge >= 0.3 is 0 Å². The summed E-state index contributed by atoms with van der Waals surface area (Å²) in [5.74, 6) is -0.105. The van der Waals surface area contributed by atoms with Crippen LogP contribution in [-0.2, 0) is 0 Å². The van der Waals surface area contributed by atoms with E-state index in [1.165, 1.54) is 6.20 Å². The number of hydrogen-bond donors (Lipinski definition) is 2. The number of nitrogens with one attached hydrogen (secondary N) is 2. The van der Waals surface area contributed by atoms with Crippen molar-refractivity contribution < 1.29 is 4.79 Å². The van der Waals surface area contributed by atoms with Crippen molar-refractivity contribution in [3.05, 3.63) is 28.4 Å². The third kappa shape index (κ3) is 3.41. The third-order valence-corrected chi connectivity index (χ3v) is 3.33. The Hall–Kier alpha value is -1.69. The first-order valence-electron chi connectivity index (χ1n) is 6.78. The molecule has 1 aromatic heterocycles. The maximum atomic E-state index is 12.5. The van der Waals surface area contributed by atoms with Gasteiger partial charge in [-0.3, -0.25) is 9.59 Å². The Morgan fingerprint density at radius 1 is 1.58 bits per heavy atom. The number of aromatic amines is 1. The van der Waals surface area contributed by atoms with Crippen LogP contribution in [-0.4, -0.2) is 46.5 Å². The third-order valence-electron chi connectivity index (χ3n) is 3.33. The van der Waals surface area contributed by atoms with Gasteiger partial charge in [0.1, 0.15) is 5.69 Å². The molecule has 1 aromatic rings. The predicted molar refractivity (Wildman–Crippen MR) is 72.1 cm³/mol. The molecule has 1 aliphatic heterocycles. The molecule has 2 heterocycles. The highest BCUT2D eigenvalue weighted by molar-refractivity contribution is 5.92. The quantitative estimate of drug-likeness (QED) is 0.824. The molecule has 104 valence electrons. The molecular formula is C13H20N4O2. The zero-order chi connectivity index (χ0) is 13.7. The number of carbonyl (C=O) groups excluding carboxylic acids is 1. The zero-order valence-corrected chi connectivity index (χ0v) is 11.2. The molecule has 6 heteroatoms. The van der Waals surface area contributed by atoms with Gasteiger partial charge < -0.3 is 15.2 Å². The Labute approximate surface area is 112 Å². The molecule has 0 bridgehead atoms. The summed E-state index contributed by atoms with van der Waals surface area (Å²) in [4.78, 5) is 31.7. The van der Waals surface area contributed by atoms with Gasteiger partial charge in [-0.1, -0.05) is 6.92 Å². The lowest BCUT2D eigenvalue weighted by Crippen LogP contribution is -2.49. The van der Waals surface area contributed by atoms with Gasteiger partial charge in [0.05, 0.1) is 6.20 Å². The number of aromatic nitrogens is 2.